The lowest BCUT2D eigenvalue weighted by Gasteiger charge is -2.36. The van der Waals surface area contributed by atoms with Crippen molar-refractivity contribution in [1.29, 1.82) is 0 Å². The van der Waals surface area contributed by atoms with Gasteiger partial charge in [0, 0.05) is 13.0 Å². The second kappa shape index (κ2) is 8.18. The Bertz CT molecular complexity index is 516. The van der Waals surface area contributed by atoms with Gasteiger partial charge in [-0.2, -0.15) is 0 Å². The number of carboxylic acids is 1. The third-order valence-corrected chi connectivity index (χ3v) is 3.97. The summed E-state index contributed by atoms with van der Waals surface area (Å²) in [6, 6.07) is 0. The van der Waals surface area contributed by atoms with Crippen molar-refractivity contribution in [2.45, 2.75) is 18.6 Å². The highest BCUT2D eigenvalue weighted by Gasteiger charge is 2.46. The SMILES string of the molecule is NC(N)=NCCCC(O)(C(=O)O)N(CP(=O)(O)O)CP(=O)(O)O. The van der Waals surface area contributed by atoms with Gasteiger partial charge in [-0.15, -0.1) is 0 Å². The molecule has 1 unspecified atom stereocenters. The molecule has 0 heterocycles. The number of carbonyl (C=O) groups is 1. The van der Waals surface area contributed by atoms with Gasteiger partial charge in [0.25, 0.3) is 0 Å². The van der Waals surface area contributed by atoms with Crippen LogP contribution in [0.25, 0.3) is 0 Å². The quantitative estimate of drug-likeness (QED) is 0.0641. The Labute approximate surface area is 130 Å². The van der Waals surface area contributed by atoms with Crippen LogP contribution in [0.3, 0.4) is 0 Å². The highest BCUT2D eigenvalue weighted by molar-refractivity contribution is 7.52. The maximum Gasteiger partial charge on any atom is 0.351 e. The monoisotopic (exact) mass is 378 g/mol. The molecular weight excluding hydrogens is 358 g/mol. The van der Waals surface area contributed by atoms with Crippen LogP contribution < -0.4 is 11.5 Å². The Hall–Kier alpha value is -1.04. The number of carboxylic acid groups (broad SMARTS) is 1. The molecule has 0 aromatic rings. The van der Waals surface area contributed by atoms with Crippen molar-refractivity contribution in [3.63, 3.8) is 0 Å². The average molecular weight is 378 g/mol. The first-order valence-electron chi connectivity index (χ1n) is 6.03. The molecule has 0 rings (SSSR count). The number of aliphatic imine (C=N–C) groups is 1. The van der Waals surface area contributed by atoms with Crippen LogP contribution in [0.2, 0.25) is 0 Å². The summed E-state index contributed by atoms with van der Waals surface area (Å²) in [5.41, 5.74) is 7.21. The van der Waals surface area contributed by atoms with Crippen molar-refractivity contribution in [1.82, 2.24) is 4.90 Å². The van der Waals surface area contributed by atoms with Gasteiger partial charge in [-0.3, -0.25) is 14.1 Å². The van der Waals surface area contributed by atoms with E-state index in [1.807, 2.05) is 0 Å². The second-order valence-corrected chi connectivity index (χ2v) is 7.91. The average Bonchev–Trinajstić information content (AvgIpc) is 2.29. The molecule has 0 aliphatic heterocycles. The largest absolute Gasteiger partial charge is 0.478 e. The van der Waals surface area contributed by atoms with Gasteiger partial charge in [-0.1, -0.05) is 0 Å². The second-order valence-electron chi connectivity index (χ2n) is 4.68. The molecule has 0 saturated carbocycles. The van der Waals surface area contributed by atoms with Crippen LogP contribution in [-0.4, -0.2) is 71.5 Å². The van der Waals surface area contributed by atoms with Crippen LogP contribution in [0.4, 0.5) is 0 Å². The van der Waals surface area contributed by atoms with E-state index in [-0.39, 0.29) is 23.8 Å². The summed E-state index contributed by atoms with van der Waals surface area (Å²) in [7, 11) is -9.81. The van der Waals surface area contributed by atoms with E-state index in [0.717, 1.165) is 0 Å². The zero-order valence-corrected chi connectivity index (χ0v) is 13.7. The van der Waals surface area contributed by atoms with Gasteiger partial charge in [0.2, 0.25) is 5.72 Å². The van der Waals surface area contributed by atoms with E-state index in [0.29, 0.717) is 0 Å². The Kier molecular flexibility index (Phi) is 7.81. The summed E-state index contributed by atoms with van der Waals surface area (Å²) in [5, 5.41) is 19.3. The summed E-state index contributed by atoms with van der Waals surface area (Å²) in [5.74, 6) is -2.21. The maximum atomic E-state index is 11.3. The van der Waals surface area contributed by atoms with E-state index < -0.39 is 45.9 Å². The predicted molar refractivity (Wildman–Crippen MR) is 78.2 cm³/mol. The van der Waals surface area contributed by atoms with E-state index in [1.165, 1.54) is 0 Å². The van der Waals surface area contributed by atoms with Crippen LogP contribution in [0, 0.1) is 0 Å². The topological polar surface area (TPSA) is 240 Å². The molecule has 10 N–H and O–H groups in total. The first kappa shape index (κ1) is 22.0. The number of nitrogens with zero attached hydrogens (tertiary/aromatic N) is 2. The van der Waals surface area contributed by atoms with Crippen LogP contribution in [0.5, 0.6) is 0 Å². The van der Waals surface area contributed by atoms with Crippen molar-refractivity contribution in [2.24, 2.45) is 16.5 Å². The van der Waals surface area contributed by atoms with Crippen molar-refractivity contribution in [2.75, 3.05) is 19.1 Å². The molecule has 0 aromatic carbocycles. The molecule has 0 aliphatic rings. The number of hydrogen-bond donors (Lipinski definition) is 8. The summed E-state index contributed by atoms with van der Waals surface area (Å²) in [4.78, 5) is 50.7. The Morgan fingerprint density at radius 2 is 1.52 bits per heavy atom. The molecule has 0 bridgehead atoms. The fourth-order valence-corrected chi connectivity index (χ4v) is 3.37. The molecule has 136 valence electrons. The molecule has 0 amide bonds. The smallest absolute Gasteiger partial charge is 0.351 e. The number of guanidine groups is 1. The molecule has 0 fully saturated rings. The molecule has 1 atom stereocenters. The Balaban J connectivity index is 5.40. The summed E-state index contributed by atoms with van der Waals surface area (Å²) < 4.78 is 22.1. The number of nitrogens with two attached hydrogens (primary N) is 2. The number of aliphatic carboxylic acids is 1. The molecule has 0 radical (unpaired) electrons. The van der Waals surface area contributed by atoms with Crippen molar-refractivity contribution in [3.8, 4) is 0 Å². The van der Waals surface area contributed by atoms with Crippen LogP contribution >= 0.6 is 15.2 Å². The lowest BCUT2D eigenvalue weighted by atomic mass is 10.1. The Morgan fingerprint density at radius 3 is 1.83 bits per heavy atom. The fourth-order valence-electron chi connectivity index (χ4n) is 1.66. The van der Waals surface area contributed by atoms with E-state index in [1.54, 1.807) is 0 Å². The molecule has 0 spiro atoms. The van der Waals surface area contributed by atoms with Crippen LogP contribution in [0.15, 0.2) is 4.99 Å². The van der Waals surface area contributed by atoms with E-state index in [4.69, 9.17) is 36.1 Å². The van der Waals surface area contributed by atoms with Gasteiger partial charge < -0.3 is 41.3 Å². The van der Waals surface area contributed by atoms with Gasteiger partial charge in [-0.25, -0.2) is 9.69 Å². The first-order chi connectivity index (χ1) is 10.2. The number of rotatable bonds is 10. The summed E-state index contributed by atoms with van der Waals surface area (Å²) in [6.45, 7) is -0.0996. The van der Waals surface area contributed by atoms with Crippen LogP contribution in [0.1, 0.15) is 12.8 Å². The molecule has 0 aromatic heterocycles. The minimum atomic E-state index is -4.91. The highest BCUT2D eigenvalue weighted by atomic mass is 31.2. The Morgan fingerprint density at radius 1 is 1.09 bits per heavy atom. The van der Waals surface area contributed by atoms with Crippen LogP contribution in [-0.2, 0) is 13.9 Å². The predicted octanol–water partition coefficient (Wildman–Crippen LogP) is -2.61. The third-order valence-electron chi connectivity index (χ3n) is 2.55. The van der Waals surface area contributed by atoms with E-state index in [9.17, 15) is 19.0 Å². The van der Waals surface area contributed by atoms with E-state index in [2.05, 4.69) is 4.99 Å². The third kappa shape index (κ3) is 8.98. The van der Waals surface area contributed by atoms with Gasteiger partial charge in [0.1, 0.15) is 12.6 Å². The van der Waals surface area contributed by atoms with Gasteiger partial charge >= 0.3 is 21.2 Å². The van der Waals surface area contributed by atoms with Gasteiger partial charge in [-0.05, 0) is 6.42 Å². The number of hydrogen-bond acceptors (Lipinski definition) is 6. The molecule has 0 saturated heterocycles. The summed E-state index contributed by atoms with van der Waals surface area (Å²) >= 11 is 0. The molecule has 15 heteroatoms. The molecule has 13 nitrogen and oxygen atoms in total. The zero-order chi connectivity index (χ0) is 18.5. The van der Waals surface area contributed by atoms with E-state index >= 15 is 0 Å². The molecular formula is C8H20N4O9P2. The normalized spacial score (nSPS) is 15.2. The van der Waals surface area contributed by atoms with Crippen molar-refractivity contribution in [3.05, 3.63) is 0 Å². The lowest BCUT2D eigenvalue weighted by molar-refractivity contribution is -0.181. The fraction of sp³-hybridized carbons (Fsp3) is 0.750. The van der Waals surface area contributed by atoms with Crippen molar-refractivity contribution < 1.29 is 43.7 Å². The lowest BCUT2D eigenvalue weighted by Crippen LogP contribution is -2.55. The maximum absolute atomic E-state index is 11.3. The van der Waals surface area contributed by atoms with Gasteiger partial charge in [0.05, 0.1) is 0 Å². The first-order valence-corrected chi connectivity index (χ1v) is 9.62. The zero-order valence-electron chi connectivity index (χ0n) is 11.9. The van der Waals surface area contributed by atoms with Crippen molar-refractivity contribution >= 4 is 27.1 Å². The molecule has 0 aliphatic carbocycles. The van der Waals surface area contributed by atoms with Gasteiger partial charge in [0.15, 0.2) is 5.96 Å². The number of aliphatic hydroxyl groups is 1. The highest BCUT2D eigenvalue weighted by Crippen LogP contribution is 2.44. The summed E-state index contributed by atoms with van der Waals surface area (Å²) in [6.07, 6.45) is -3.47. The minimum Gasteiger partial charge on any atom is -0.478 e. The standard InChI is InChI=1S/C8H20N4O9P2/c9-7(10)11-3-1-2-8(15,6(13)14)12(4-22(16,17)18)5-23(19,20)21/h15H,1-5H2,(H,13,14)(H4,9,10,11)(H2,16,17,18)(H2,19,20,21). The molecule has 23 heavy (non-hydrogen) atoms. The minimum absolute atomic E-state index is 0.0996.